The third-order valence-corrected chi connectivity index (χ3v) is 3.42. The molecule has 0 aliphatic heterocycles. The molecule has 1 amide bonds. The lowest BCUT2D eigenvalue weighted by Gasteiger charge is -2.16. The van der Waals surface area contributed by atoms with E-state index < -0.39 is 0 Å². The second-order valence-corrected chi connectivity index (χ2v) is 5.06. The molecule has 0 aliphatic carbocycles. The van der Waals surface area contributed by atoms with Crippen molar-refractivity contribution in [2.75, 3.05) is 6.54 Å². The number of nitrogens with zero attached hydrogens (tertiary/aromatic N) is 3. The van der Waals surface area contributed by atoms with Crippen LogP contribution in [0.4, 0.5) is 0 Å². The minimum atomic E-state index is -0.380. The number of halogens is 1. The summed E-state index contributed by atoms with van der Waals surface area (Å²) < 4.78 is 1.82. The fourth-order valence-corrected chi connectivity index (χ4v) is 2.32. The Balaban J connectivity index is 2.45. The molecular formula is C14H19ClN4O. The van der Waals surface area contributed by atoms with Crippen LogP contribution in [0.2, 0.25) is 0 Å². The van der Waals surface area contributed by atoms with Gasteiger partial charge in [-0.05, 0) is 32.4 Å². The molecule has 1 N–H and O–H groups in total. The highest BCUT2D eigenvalue weighted by Gasteiger charge is 2.21. The van der Waals surface area contributed by atoms with E-state index in [1.54, 1.807) is 0 Å². The van der Waals surface area contributed by atoms with Gasteiger partial charge in [0, 0.05) is 12.2 Å². The van der Waals surface area contributed by atoms with Crippen LogP contribution in [0.3, 0.4) is 0 Å². The number of nitrogens with one attached hydrogen (secondary N) is 1. The number of alkyl halides is 1. The first kappa shape index (κ1) is 14.8. The number of hydrogen-bond donors (Lipinski definition) is 1. The standard InChI is InChI=1S/C14H19ClN4O/c1-4-7-16-14(20)10(3)19-12(8-15)18-11-6-5-9(2)17-13(11)19/h5-6,10H,4,7-8H2,1-3H3,(H,16,20). The number of aryl methyl sites for hydroxylation is 1. The summed E-state index contributed by atoms with van der Waals surface area (Å²) in [6.45, 7) is 6.44. The molecule has 0 saturated carbocycles. The topological polar surface area (TPSA) is 59.8 Å². The van der Waals surface area contributed by atoms with Gasteiger partial charge in [-0.3, -0.25) is 9.36 Å². The largest absolute Gasteiger partial charge is 0.354 e. The van der Waals surface area contributed by atoms with Crippen molar-refractivity contribution in [3.05, 3.63) is 23.7 Å². The number of carbonyl (C=O) groups is 1. The van der Waals surface area contributed by atoms with Crippen molar-refractivity contribution < 1.29 is 4.79 Å². The summed E-state index contributed by atoms with van der Waals surface area (Å²) >= 11 is 5.95. The van der Waals surface area contributed by atoms with E-state index in [1.807, 2.05) is 37.5 Å². The fraction of sp³-hybridized carbons (Fsp3) is 0.500. The molecular weight excluding hydrogens is 276 g/mol. The molecule has 0 fully saturated rings. The van der Waals surface area contributed by atoms with E-state index in [0.717, 1.165) is 17.6 Å². The summed E-state index contributed by atoms with van der Waals surface area (Å²) in [4.78, 5) is 21.1. The summed E-state index contributed by atoms with van der Waals surface area (Å²) in [6, 6.07) is 3.43. The van der Waals surface area contributed by atoms with Crippen molar-refractivity contribution >= 4 is 28.7 Å². The normalized spacial score (nSPS) is 12.6. The molecule has 20 heavy (non-hydrogen) atoms. The molecule has 0 radical (unpaired) electrons. The maximum Gasteiger partial charge on any atom is 0.242 e. The maximum atomic E-state index is 12.2. The average molecular weight is 295 g/mol. The lowest BCUT2D eigenvalue weighted by atomic mass is 10.3. The molecule has 5 nitrogen and oxygen atoms in total. The first-order chi connectivity index (χ1) is 9.58. The molecule has 6 heteroatoms. The van der Waals surface area contributed by atoms with Crippen molar-refractivity contribution in [1.29, 1.82) is 0 Å². The summed E-state index contributed by atoms with van der Waals surface area (Å²) in [5.41, 5.74) is 2.36. The fourth-order valence-electron chi connectivity index (χ4n) is 2.13. The molecule has 1 atom stereocenters. The van der Waals surface area contributed by atoms with Crippen LogP contribution >= 0.6 is 11.6 Å². The summed E-state index contributed by atoms with van der Waals surface area (Å²) in [7, 11) is 0. The van der Waals surface area contributed by atoms with Crippen molar-refractivity contribution in [1.82, 2.24) is 19.9 Å². The Bertz CT molecular complexity index is 623. The zero-order chi connectivity index (χ0) is 14.7. The van der Waals surface area contributed by atoms with Crippen LogP contribution in [0.25, 0.3) is 11.2 Å². The van der Waals surface area contributed by atoms with Gasteiger partial charge in [0.2, 0.25) is 5.91 Å². The van der Waals surface area contributed by atoms with Crippen molar-refractivity contribution in [2.24, 2.45) is 0 Å². The van der Waals surface area contributed by atoms with Crippen molar-refractivity contribution in [3.8, 4) is 0 Å². The van der Waals surface area contributed by atoms with Crippen LogP contribution in [0.15, 0.2) is 12.1 Å². The number of carbonyl (C=O) groups excluding carboxylic acids is 1. The summed E-state index contributed by atoms with van der Waals surface area (Å²) in [5.74, 6) is 0.876. The highest BCUT2D eigenvalue weighted by Crippen LogP contribution is 2.21. The Morgan fingerprint density at radius 2 is 2.20 bits per heavy atom. The molecule has 0 bridgehead atoms. The molecule has 2 aromatic rings. The van der Waals surface area contributed by atoms with Crippen LogP contribution in [-0.2, 0) is 10.7 Å². The Hall–Kier alpha value is -1.62. The SMILES string of the molecule is CCCNC(=O)C(C)n1c(CCl)nc2ccc(C)nc21. The van der Waals surface area contributed by atoms with E-state index in [-0.39, 0.29) is 17.8 Å². The molecule has 1 unspecified atom stereocenters. The summed E-state index contributed by atoms with van der Waals surface area (Å²) in [6.07, 6.45) is 0.906. The van der Waals surface area contributed by atoms with Gasteiger partial charge in [0.1, 0.15) is 17.4 Å². The van der Waals surface area contributed by atoms with E-state index >= 15 is 0 Å². The highest BCUT2D eigenvalue weighted by molar-refractivity contribution is 6.16. The Kier molecular flexibility index (Phi) is 4.60. The number of fused-ring (bicyclic) bond motifs is 1. The van der Waals surface area contributed by atoms with Gasteiger partial charge >= 0.3 is 0 Å². The van der Waals surface area contributed by atoms with Gasteiger partial charge < -0.3 is 5.32 Å². The van der Waals surface area contributed by atoms with Gasteiger partial charge in [-0.25, -0.2) is 9.97 Å². The van der Waals surface area contributed by atoms with E-state index in [4.69, 9.17) is 11.6 Å². The quantitative estimate of drug-likeness (QED) is 0.862. The number of hydrogen-bond acceptors (Lipinski definition) is 3. The zero-order valence-corrected chi connectivity index (χ0v) is 12.7. The van der Waals surface area contributed by atoms with Crippen LogP contribution in [0.5, 0.6) is 0 Å². The molecule has 0 saturated heterocycles. The zero-order valence-electron chi connectivity index (χ0n) is 12.0. The third kappa shape index (κ3) is 2.77. The minimum absolute atomic E-state index is 0.0409. The molecule has 108 valence electrons. The van der Waals surface area contributed by atoms with E-state index in [1.165, 1.54) is 0 Å². The Labute approximate surface area is 123 Å². The van der Waals surface area contributed by atoms with Crippen LogP contribution in [-0.4, -0.2) is 27.0 Å². The Morgan fingerprint density at radius 1 is 1.45 bits per heavy atom. The van der Waals surface area contributed by atoms with Crippen molar-refractivity contribution in [2.45, 2.75) is 39.1 Å². The number of imidazole rings is 1. The smallest absolute Gasteiger partial charge is 0.242 e. The number of pyridine rings is 1. The number of aromatic nitrogens is 3. The monoisotopic (exact) mass is 294 g/mol. The third-order valence-electron chi connectivity index (χ3n) is 3.19. The first-order valence-corrected chi connectivity index (χ1v) is 7.30. The molecule has 0 aromatic carbocycles. The second-order valence-electron chi connectivity index (χ2n) is 4.79. The lowest BCUT2D eigenvalue weighted by Crippen LogP contribution is -2.32. The second kappa shape index (κ2) is 6.22. The van der Waals surface area contributed by atoms with Gasteiger partial charge in [0.25, 0.3) is 0 Å². The van der Waals surface area contributed by atoms with Gasteiger partial charge in [-0.1, -0.05) is 6.92 Å². The lowest BCUT2D eigenvalue weighted by molar-refractivity contribution is -0.123. The van der Waals surface area contributed by atoms with E-state index in [9.17, 15) is 4.79 Å². The van der Waals surface area contributed by atoms with Crippen LogP contribution in [0, 0.1) is 6.92 Å². The Morgan fingerprint density at radius 3 is 2.85 bits per heavy atom. The van der Waals surface area contributed by atoms with E-state index in [0.29, 0.717) is 18.0 Å². The van der Waals surface area contributed by atoms with Gasteiger partial charge in [-0.15, -0.1) is 11.6 Å². The average Bonchev–Trinajstić information content (AvgIpc) is 2.81. The van der Waals surface area contributed by atoms with E-state index in [2.05, 4.69) is 15.3 Å². The number of rotatable bonds is 5. The highest BCUT2D eigenvalue weighted by atomic mass is 35.5. The first-order valence-electron chi connectivity index (χ1n) is 6.76. The number of amides is 1. The van der Waals surface area contributed by atoms with Gasteiger partial charge in [0.05, 0.1) is 5.88 Å². The maximum absolute atomic E-state index is 12.2. The van der Waals surface area contributed by atoms with Crippen molar-refractivity contribution in [3.63, 3.8) is 0 Å². The predicted octanol–water partition coefficient (Wildman–Crippen LogP) is 2.57. The van der Waals surface area contributed by atoms with Gasteiger partial charge in [-0.2, -0.15) is 0 Å². The molecule has 2 rings (SSSR count). The van der Waals surface area contributed by atoms with Gasteiger partial charge in [0.15, 0.2) is 5.65 Å². The molecule has 0 aliphatic rings. The molecule has 2 aromatic heterocycles. The summed E-state index contributed by atoms with van der Waals surface area (Å²) in [5, 5.41) is 2.89. The minimum Gasteiger partial charge on any atom is -0.354 e. The van der Waals surface area contributed by atoms with Crippen LogP contribution in [0.1, 0.15) is 37.8 Å². The van der Waals surface area contributed by atoms with Crippen LogP contribution < -0.4 is 5.32 Å². The predicted molar refractivity (Wildman–Crippen MR) is 79.8 cm³/mol. The molecule has 2 heterocycles. The molecule has 0 spiro atoms.